The van der Waals surface area contributed by atoms with Crippen molar-refractivity contribution < 1.29 is 46.5 Å². The van der Waals surface area contributed by atoms with Gasteiger partial charge in [0.15, 0.2) is 0 Å². The van der Waals surface area contributed by atoms with Crippen LogP contribution >= 0.6 is 15.8 Å². The standard InChI is InChI=1S/C21H16P.C17H24P.2ClH.Ti/c1-3-11-19(12-4-1)22(20-13-5-2-6-14-20)21-15-17-9-7-8-10-18(17)16-21;1-3-5-11-18(12-6-4-2)17-13-15-9-7-8-10-16(15)14-17;;;/h1-16H;7-10,13-14H,3-6,11-12H2,1-2H3;2*1H;/q2*-1;;;+4/p-2. The van der Waals surface area contributed by atoms with E-state index in [9.17, 15) is 0 Å². The molecule has 0 N–H and O–H groups in total. The predicted molar refractivity (Wildman–Crippen MR) is 184 cm³/mol. The number of hydrogen-bond acceptors (Lipinski definition) is 0. The molecule has 220 valence electrons. The van der Waals surface area contributed by atoms with Crippen molar-refractivity contribution in [3.05, 3.63) is 133 Å². The fraction of sp³-hybridized carbons (Fsp3) is 0.211. The van der Waals surface area contributed by atoms with E-state index >= 15 is 0 Å². The zero-order valence-corrected chi connectivity index (χ0v) is 30.0. The number of halogens is 2. The topological polar surface area (TPSA) is 0 Å². The van der Waals surface area contributed by atoms with Crippen LogP contribution in [0.1, 0.15) is 39.5 Å². The summed E-state index contributed by atoms with van der Waals surface area (Å²) in [5.41, 5.74) is 0. The molecule has 43 heavy (non-hydrogen) atoms. The first kappa shape index (κ1) is 37.4. The van der Waals surface area contributed by atoms with Gasteiger partial charge >= 0.3 is 21.7 Å². The third kappa shape index (κ3) is 10.1. The van der Waals surface area contributed by atoms with Crippen molar-refractivity contribution in [1.29, 1.82) is 0 Å². The van der Waals surface area contributed by atoms with E-state index in [2.05, 4.69) is 147 Å². The maximum Gasteiger partial charge on any atom is 4.00 e. The van der Waals surface area contributed by atoms with E-state index in [1.807, 2.05) is 0 Å². The molecule has 0 aliphatic heterocycles. The minimum atomic E-state index is -0.493. The first-order chi connectivity index (χ1) is 19.8. The Labute approximate surface area is 288 Å². The van der Waals surface area contributed by atoms with Crippen LogP contribution in [0.15, 0.2) is 133 Å². The van der Waals surface area contributed by atoms with E-state index in [-0.39, 0.29) is 54.5 Å². The molecule has 0 saturated carbocycles. The Morgan fingerprint density at radius 3 is 1.35 bits per heavy atom. The van der Waals surface area contributed by atoms with Gasteiger partial charge in [0.1, 0.15) is 0 Å². The van der Waals surface area contributed by atoms with E-state index in [1.54, 1.807) is 5.30 Å². The molecule has 0 radical (unpaired) electrons. The van der Waals surface area contributed by atoms with Crippen LogP contribution in [-0.4, -0.2) is 12.3 Å². The molecule has 0 atom stereocenters. The molecule has 0 fully saturated rings. The first-order valence-electron chi connectivity index (χ1n) is 14.7. The van der Waals surface area contributed by atoms with Crippen LogP contribution in [0.3, 0.4) is 0 Å². The van der Waals surface area contributed by atoms with Crippen molar-refractivity contribution in [1.82, 2.24) is 0 Å². The van der Waals surface area contributed by atoms with E-state index < -0.39 is 7.92 Å². The fourth-order valence-electron chi connectivity index (χ4n) is 5.25. The molecular formula is C38H40Cl2P2Ti. The van der Waals surface area contributed by atoms with Crippen molar-refractivity contribution in [3.63, 3.8) is 0 Å². The van der Waals surface area contributed by atoms with Gasteiger partial charge in [-0.3, -0.25) is 0 Å². The van der Waals surface area contributed by atoms with Gasteiger partial charge in [0, 0.05) is 0 Å². The molecule has 0 spiro atoms. The van der Waals surface area contributed by atoms with Crippen LogP contribution < -0.4 is 46.0 Å². The van der Waals surface area contributed by atoms with Gasteiger partial charge in [-0.25, -0.2) is 0 Å². The zero-order valence-electron chi connectivity index (χ0n) is 25.1. The Kier molecular flexibility index (Phi) is 17.1. The summed E-state index contributed by atoms with van der Waals surface area (Å²) in [6.45, 7) is 4.60. The summed E-state index contributed by atoms with van der Waals surface area (Å²) in [6, 6.07) is 48.7. The van der Waals surface area contributed by atoms with Gasteiger partial charge < -0.3 is 24.8 Å². The first-order valence-corrected chi connectivity index (χ1v) is 17.8. The van der Waals surface area contributed by atoms with Crippen LogP contribution in [0.5, 0.6) is 0 Å². The van der Waals surface area contributed by atoms with Gasteiger partial charge in [-0.2, -0.15) is 12.1 Å². The summed E-state index contributed by atoms with van der Waals surface area (Å²) >= 11 is 0. The third-order valence-corrected chi connectivity index (χ3v) is 12.5. The van der Waals surface area contributed by atoms with Gasteiger partial charge in [0.2, 0.25) is 0 Å². The second kappa shape index (κ2) is 19.6. The molecule has 0 nitrogen and oxygen atoms in total. The quantitative estimate of drug-likeness (QED) is 0.118. The molecule has 5 heteroatoms. The van der Waals surface area contributed by atoms with Gasteiger partial charge in [0.25, 0.3) is 0 Å². The summed E-state index contributed by atoms with van der Waals surface area (Å²) in [4.78, 5) is 0. The molecule has 6 aromatic rings. The summed E-state index contributed by atoms with van der Waals surface area (Å²) in [5, 5.41) is 11.4. The SMILES string of the molecule is CCCCP(CCCC)c1cc2ccccc2[cH-]1.[Cl-].[Cl-].[Ti+4].c1ccc(P(c2ccccc2)c2cc3ccccc3[cH-]2)cc1. The number of benzene rings is 4. The number of hydrogen-bond donors (Lipinski definition) is 0. The van der Waals surface area contributed by atoms with Gasteiger partial charge in [-0.1, -0.05) is 107 Å². The average molecular weight is 677 g/mol. The summed E-state index contributed by atoms with van der Waals surface area (Å²) in [7, 11) is -0.407. The molecule has 6 rings (SSSR count). The number of unbranched alkanes of at least 4 members (excludes halogenated alkanes) is 2. The van der Waals surface area contributed by atoms with E-state index in [4.69, 9.17) is 0 Å². The summed E-state index contributed by atoms with van der Waals surface area (Å²) in [6.07, 6.45) is 8.26. The molecule has 0 aliphatic carbocycles. The number of rotatable bonds is 10. The molecule has 6 aromatic carbocycles. The minimum Gasteiger partial charge on any atom is -1.00 e. The molecule has 0 aliphatic rings. The van der Waals surface area contributed by atoms with Crippen molar-refractivity contribution in [3.8, 4) is 0 Å². The van der Waals surface area contributed by atoms with E-state index in [1.165, 1.54) is 75.5 Å². The maximum atomic E-state index is 2.44. The molecule has 0 saturated heterocycles. The largest absolute Gasteiger partial charge is 4.00 e. The van der Waals surface area contributed by atoms with Crippen LogP contribution in [0.4, 0.5) is 0 Å². The Hall–Kier alpha value is -1.75. The van der Waals surface area contributed by atoms with Crippen LogP contribution in [0.25, 0.3) is 21.5 Å². The molecule has 0 amide bonds. The van der Waals surface area contributed by atoms with Gasteiger partial charge in [-0.15, -0.1) is 80.7 Å². The summed E-state index contributed by atoms with van der Waals surface area (Å²) in [5.74, 6) is 0. The Bertz CT molecular complexity index is 1480. The minimum absolute atomic E-state index is 0. The second-order valence-corrected chi connectivity index (χ2v) is 15.1. The molecular weight excluding hydrogens is 637 g/mol. The van der Waals surface area contributed by atoms with Gasteiger partial charge in [0.05, 0.1) is 0 Å². The summed E-state index contributed by atoms with van der Waals surface area (Å²) < 4.78 is 0. The molecule has 0 aromatic heterocycles. The Morgan fingerprint density at radius 2 is 0.907 bits per heavy atom. The monoisotopic (exact) mass is 676 g/mol. The fourth-order valence-corrected chi connectivity index (χ4v) is 10.4. The molecule has 0 bridgehead atoms. The average Bonchev–Trinajstić information content (AvgIpc) is 3.63. The Morgan fingerprint density at radius 1 is 0.512 bits per heavy atom. The van der Waals surface area contributed by atoms with Crippen LogP contribution in [0, 0.1) is 0 Å². The zero-order chi connectivity index (χ0) is 27.6. The third-order valence-electron chi connectivity index (χ3n) is 7.42. The smallest absolute Gasteiger partial charge is 1.00 e. The van der Waals surface area contributed by atoms with Crippen molar-refractivity contribution in [2.45, 2.75) is 39.5 Å². The van der Waals surface area contributed by atoms with Crippen molar-refractivity contribution in [2.24, 2.45) is 0 Å². The Balaban J connectivity index is 0.000000286. The van der Waals surface area contributed by atoms with Crippen LogP contribution in [0.2, 0.25) is 0 Å². The van der Waals surface area contributed by atoms with Crippen molar-refractivity contribution in [2.75, 3.05) is 12.3 Å². The van der Waals surface area contributed by atoms with Crippen molar-refractivity contribution >= 4 is 58.6 Å². The number of fused-ring (bicyclic) bond motifs is 2. The van der Waals surface area contributed by atoms with E-state index in [0.29, 0.717) is 0 Å². The normalized spacial score (nSPS) is 10.5. The maximum absolute atomic E-state index is 2.44. The van der Waals surface area contributed by atoms with Crippen LogP contribution in [-0.2, 0) is 21.7 Å². The van der Waals surface area contributed by atoms with Gasteiger partial charge in [-0.05, 0) is 43.7 Å². The second-order valence-electron chi connectivity index (χ2n) is 10.4. The van der Waals surface area contributed by atoms with E-state index in [0.717, 1.165) is 0 Å². The molecule has 0 unspecified atom stereocenters. The molecule has 0 heterocycles. The predicted octanol–water partition coefficient (Wildman–Crippen LogP) is 3.59.